The van der Waals surface area contributed by atoms with Crippen LogP contribution in [-0.4, -0.2) is 25.0 Å². The highest BCUT2D eigenvalue weighted by Gasteiger charge is 2.01. The highest BCUT2D eigenvalue weighted by atomic mass is 16.1. The molecular weight excluding hydrogens is 240 g/mol. The molecule has 5 nitrogen and oxygen atoms in total. The normalized spacial score (nSPS) is 11.4. The summed E-state index contributed by atoms with van der Waals surface area (Å²) in [6, 6.07) is 9.74. The number of nitrogens with two attached hydrogens (primary N) is 1. The number of carbonyl (C=O) groups excluding carboxylic acids is 1. The quantitative estimate of drug-likeness (QED) is 0.525. The monoisotopic (exact) mass is 262 g/mol. The van der Waals surface area contributed by atoms with Crippen molar-refractivity contribution < 1.29 is 4.79 Å². The molecular formula is C14H22N4O. The van der Waals surface area contributed by atoms with E-state index in [-0.39, 0.29) is 12.5 Å². The maximum Gasteiger partial charge on any atom is 0.242 e. The molecule has 0 bridgehead atoms. The molecule has 1 aromatic rings. The number of amides is 1. The summed E-state index contributed by atoms with van der Waals surface area (Å²) in [7, 11) is 0. The van der Waals surface area contributed by atoms with Crippen molar-refractivity contribution >= 4 is 11.9 Å². The van der Waals surface area contributed by atoms with Crippen LogP contribution in [0.3, 0.4) is 0 Å². The van der Waals surface area contributed by atoms with Crippen molar-refractivity contribution in [2.75, 3.05) is 13.1 Å². The van der Waals surface area contributed by atoms with Crippen molar-refractivity contribution in [2.45, 2.75) is 20.4 Å². The van der Waals surface area contributed by atoms with E-state index in [0.717, 1.165) is 12.1 Å². The number of hydrogen-bond acceptors (Lipinski definition) is 2. The van der Waals surface area contributed by atoms with Gasteiger partial charge in [-0.25, -0.2) is 4.99 Å². The highest BCUT2D eigenvalue weighted by Crippen LogP contribution is 1.96. The van der Waals surface area contributed by atoms with Gasteiger partial charge in [0.25, 0.3) is 0 Å². The zero-order valence-electron chi connectivity index (χ0n) is 11.5. The van der Waals surface area contributed by atoms with Gasteiger partial charge in [0.15, 0.2) is 5.96 Å². The van der Waals surface area contributed by atoms with Crippen molar-refractivity contribution in [3.05, 3.63) is 35.9 Å². The van der Waals surface area contributed by atoms with E-state index in [0.29, 0.717) is 18.4 Å². The van der Waals surface area contributed by atoms with Gasteiger partial charge in [-0.15, -0.1) is 0 Å². The molecule has 0 aliphatic heterocycles. The first-order chi connectivity index (χ1) is 9.08. The van der Waals surface area contributed by atoms with Crippen LogP contribution < -0.4 is 16.4 Å². The molecule has 0 aliphatic rings. The van der Waals surface area contributed by atoms with Gasteiger partial charge >= 0.3 is 0 Å². The number of aliphatic imine (C=N–C) groups is 1. The Hall–Kier alpha value is -2.04. The summed E-state index contributed by atoms with van der Waals surface area (Å²) in [6.45, 7) is 5.46. The fourth-order valence-electron chi connectivity index (χ4n) is 1.37. The number of nitrogens with one attached hydrogen (secondary N) is 2. The highest BCUT2D eigenvalue weighted by molar-refractivity contribution is 5.83. The van der Waals surface area contributed by atoms with Crippen molar-refractivity contribution in [1.82, 2.24) is 10.6 Å². The van der Waals surface area contributed by atoms with Crippen LogP contribution in [-0.2, 0) is 11.3 Å². The molecule has 1 rings (SSSR count). The van der Waals surface area contributed by atoms with Crippen LogP contribution in [0.15, 0.2) is 35.3 Å². The molecule has 0 heterocycles. The van der Waals surface area contributed by atoms with Gasteiger partial charge in [0, 0.05) is 13.1 Å². The Balaban J connectivity index is 2.26. The molecule has 0 fully saturated rings. The second-order valence-corrected chi connectivity index (χ2v) is 4.74. The van der Waals surface area contributed by atoms with Gasteiger partial charge < -0.3 is 16.4 Å². The number of nitrogens with zero attached hydrogens (tertiary/aromatic N) is 1. The summed E-state index contributed by atoms with van der Waals surface area (Å²) < 4.78 is 0. The molecule has 0 spiro atoms. The van der Waals surface area contributed by atoms with Gasteiger partial charge in [0.2, 0.25) is 5.91 Å². The van der Waals surface area contributed by atoms with Crippen LogP contribution in [0.5, 0.6) is 0 Å². The van der Waals surface area contributed by atoms with Crippen LogP contribution in [0.2, 0.25) is 0 Å². The van der Waals surface area contributed by atoms with E-state index in [4.69, 9.17) is 5.73 Å². The predicted molar refractivity (Wildman–Crippen MR) is 77.6 cm³/mol. The molecule has 0 unspecified atom stereocenters. The molecule has 1 aromatic carbocycles. The largest absolute Gasteiger partial charge is 0.370 e. The molecule has 19 heavy (non-hydrogen) atoms. The Labute approximate surface area is 114 Å². The smallest absolute Gasteiger partial charge is 0.242 e. The van der Waals surface area contributed by atoms with Crippen molar-refractivity contribution in [3.8, 4) is 0 Å². The molecule has 0 saturated carbocycles. The van der Waals surface area contributed by atoms with Crippen molar-refractivity contribution in [2.24, 2.45) is 16.6 Å². The maximum atomic E-state index is 11.6. The average molecular weight is 262 g/mol. The maximum absolute atomic E-state index is 11.6. The number of benzene rings is 1. The standard InChI is InChI=1S/C14H22N4O/c1-11(2)8-17-14(15)18-10-13(19)16-9-12-6-4-3-5-7-12/h3-7,11H,8-10H2,1-2H3,(H,16,19)(H3,15,17,18). The number of hydrogen-bond donors (Lipinski definition) is 3. The minimum absolute atomic E-state index is 0.0454. The van der Waals surface area contributed by atoms with E-state index in [1.807, 2.05) is 30.3 Å². The van der Waals surface area contributed by atoms with Gasteiger partial charge in [-0.2, -0.15) is 0 Å². The molecule has 0 aliphatic carbocycles. The van der Waals surface area contributed by atoms with Crippen LogP contribution in [0, 0.1) is 5.92 Å². The van der Waals surface area contributed by atoms with Crippen LogP contribution >= 0.6 is 0 Å². The third-order valence-corrected chi connectivity index (χ3v) is 2.42. The Morgan fingerprint density at radius 2 is 1.95 bits per heavy atom. The summed E-state index contributed by atoms with van der Waals surface area (Å²) in [4.78, 5) is 15.5. The Morgan fingerprint density at radius 1 is 1.26 bits per heavy atom. The van der Waals surface area contributed by atoms with Crippen molar-refractivity contribution in [1.29, 1.82) is 0 Å². The van der Waals surface area contributed by atoms with Crippen LogP contribution in [0.1, 0.15) is 19.4 Å². The fourth-order valence-corrected chi connectivity index (χ4v) is 1.37. The predicted octanol–water partition coefficient (Wildman–Crippen LogP) is 0.863. The van der Waals surface area contributed by atoms with Gasteiger partial charge in [-0.1, -0.05) is 44.2 Å². The number of carbonyl (C=O) groups is 1. The minimum atomic E-state index is -0.141. The minimum Gasteiger partial charge on any atom is -0.370 e. The second-order valence-electron chi connectivity index (χ2n) is 4.74. The summed E-state index contributed by atoms with van der Waals surface area (Å²) in [5, 5.41) is 5.75. The Kier molecular flexibility index (Phi) is 6.43. The molecule has 0 atom stereocenters. The lowest BCUT2D eigenvalue weighted by Crippen LogP contribution is -2.35. The van der Waals surface area contributed by atoms with Gasteiger partial charge in [-0.05, 0) is 11.5 Å². The first-order valence-electron chi connectivity index (χ1n) is 6.42. The lowest BCUT2D eigenvalue weighted by atomic mass is 10.2. The molecule has 5 heteroatoms. The molecule has 1 amide bonds. The van der Waals surface area contributed by atoms with E-state index in [9.17, 15) is 4.79 Å². The van der Waals surface area contributed by atoms with Crippen LogP contribution in [0.4, 0.5) is 0 Å². The van der Waals surface area contributed by atoms with E-state index >= 15 is 0 Å². The topological polar surface area (TPSA) is 79.5 Å². The summed E-state index contributed by atoms with van der Waals surface area (Å²) >= 11 is 0. The average Bonchev–Trinajstić information content (AvgIpc) is 2.41. The van der Waals surface area contributed by atoms with E-state index < -0.39 is 0 Å². The van der Waals surface area contributed by atoms with Crippen molar-refractivity contribution in [3.63, 3.8) is 0 Å². The van der Waals surface area contributed by atoms with E-state index in [1.54, 1.807) is 0 Å². The number of rotatable bonds is 6. The summed E-state index contributed by atoms with van der Waals surface area (Å²) in [5.74, 6) is 0.655. The SMILES string of the molecule is CC(C)CNC(N)=NCC(=O)NCc1ccccc1. The molecule has 0 saturated heterocycles. The van der Waals surface area contributed by atoms with E-state index in [2.05, 4.69) is 29.5 Å². The number of guanidine groups is 1. The first kappa shape index (κ1) is 15.0. The molecule has 0 radical (unpaired) electrons. The Bertz CT molecular complexity index is 415. The van der Waals surface area contributed by atoms with Gasteiger partial charge in [-0.3, -0.25) is 4.79 Å². The Morgan fingerprint density at radius 3 is 2.58 bits per heavy atom. The third kappa shape index (κ3) is 7.08. The zero-order chi connectivity index (χ0) is 14.1. The first-order valence-corrected chi connectivity index (χ1v) is 6.42. The fraction of sp³-hybridized carbons (Fsp3) is 0.429. The zero-order valence-corrected chi connectivity index (χ0v) is 11.5. The van der Waals surface area contributed by atoms with Gasteiger partial charge in [0.1, 0.15) is 6.54 Å². The lowest BCUT2D eigenvalue weighted by Gasteiger charge is -2.08. The molecule has 104 valence electrons. The summed E-state index contributed by atoms with van der Waals surface area (Å²) in [6.07, 6.45) is 0. The summed E-state index contributed by atoms with van der Waals surface area (Å²) in [5.41, 5.74) is 6.70. The van der Waals surface area contributed by atoms with Gasteiger partial charge in [0.05, 0.1) is 0 Å². The third-order valence-electron chi connectivity index (χ3n) is 2.42. The second kappa shape index (κ2) is 8.13. The van der Waals surface area contributed by atoms with Crippen LogP contribution in [0.25, 0.3) is 0 Å². The van der Waals surface area contributed by atoms with E-state index in [1.165, 1.54) is 0 Å². The molecule has 0 aromatic heterocycles. The molecule has 4 N–H and O–H groups in total. The lowest BCUT2D eigenvalue weighted by molar-refractivity contribution is -0.119.